The van der Waals surface area contributed by atoms with Crippen LogP contribution < -0.4 is 21.3 Å². The van der Waals surface area contributed by atoms with Crippen molar-refractivity contribution in [2.75, 3.05) is 51.0 Å². The Morgan fingerprint density at radius 2 is 1.72 bits per heavy atom. The van der Waals surface area contributed by atoms with Crippen LogP contribution in [0.1, 0.15) is 25.7 Å². The lowest BCUT2D eigenvalue weighted by Crippen LogP contribution is -2.36. The second kappa shape index (κ2) is 13.9. The molecule has 0 radical (unpaired) electrons. The van der Waals surface area contributed by atoms with Gasteiger partial charge in [-0.2, -0.15) is 24.4 Å². The lowest BCUT2D eigenvalue weighted by atomic mass is 10.0. The van der Waals surface area contributed by atoms with Crippen LogP contribution in [-0.4, -0.2) is 86.2 Å². The molecule has 9 nitrogen and oxygen atoms in total. The van der Waals surface area contributed by atoms with Crippen LogP contribution in [0.15, 0.2) is 0 Å². The molecular formula is C18H32N4O5S2. The van der Waals surface area contributed by atoms with Crippen LogP contribution in [0, 0.1) is 0 Å². The van der Waals surface area contributed by atoms with E-state index in [0.717, 1.165) is 25.0 Å². The van der Waals surface area contributed by atoms with Gasteiger partial charge in [0.25, 0.3) is 0 Å². The van der Waals surface area contributed by atoms with Crippen LogP contribution in [0.4, 0.5) is 4.79 Å². The molecule has 0 aromatic carbocycles. The maximum atomic E-state index is 11.8. The highest BCUT2D eigenvalue weighted by molar-refractivity contribution is 8.00. The zero-order valence-electron chi connectivity index (χ0n) is 16.6. The van der Waals surface area contributed by atoms with Gasteiger partial charge in [-0.3, -0.25) is 9.59 Å². The number of nitrogens with one attached hydrogen (secondary N) is 4. The normalized spacial score (nSPS) is 22.7. The highest BCUT2D eigenvalue weighted by Crippen LogP contribution is 2.33. The summed E-state index contributed by atoms with van der Waals surface area (Å²) in [6.45, 7) is 2.71. The van der Waals surface area contributed by atoms with Crippen molar-refractivity contribution in [2.24, 2.45) is 0 Å². The molecule has 4 N–H and O–H groups in total. The van der Waals surface area contributed by atoms with E-state index in [1.807, 2.05) is 11.8 Å². The molecule has 2 aliphatic rings. The molecular weight excluding hydrogens is 416 g/mol. The average molecular weight is 449 g/mol. The fourth-order valence-corrected chi connectivity index (χ4v) is 4.92. The SMILES string of the molecule is O=C(CS)NCCOCCOCCNC(=O)CCCC[C@@H]1SCC2NC(=O)NC21. The summed E-state index contributed by atoms with van der Waals surface area (Å²) in [6, 6.07) is 0.426. The fourth-order valence-electron chi connectivity index (χ4n) is 3.27. The van der Waals surface area contributed by atoms with E-state index in [1.165, 1.54) is 0 Å². The molecule has 4 amide bonds. The minimum Gasteiger partial charge on any atom is -0.377 e. The third-order valence-electron chi connectivity index (χ3n) is 4.73. The van der Waals surface area contributed by atoms with Crippen LogP contribution in [-0.2, 0) is 19.1 Å². The number of unbranched alkanes of at least 4 members (excludes halogenated alkanes) is 1. The summed E-state index contributed by atoms with van der Waals surface area (Å²) < 4.78 is 10.7. The number of hydrogen-bond donors (Lipinski definition) is 5. The highest BCUT2D eigenvalue weighted by Gasteiger charge is 2.42. The number of thioether (sulfide) groups is 1. The number of ether oxygens (including phenoxy) is 2. The Bertz CT molecular complexity index is 540. The van der Waals surface area contributed by atoms with Crippen molar-refractivity contribution in [3.05, 3.63) is 0 Å². The van der Waals surface area contributed by atoms with Gasteiger partial charge in [-0.05, 0) is 12.8 Å². The monoisotopic (exact) mass is 448 g/mol. The average Bonchev–Trinajstić information content (AvgIpc) is 3.25. The Balaban J connectivity index is 1.35. The van der Waals surface area contributed by atoms with Gasteiger partial charge in [-0.15, -0.1) is 0 Å². The number of carbonyl (C=O) groups is 3. The highest BCUT2D eigenvalue weighted by atomic mass is 32.2. The van der Waals surface area contributed by atoms with Gasteiger partial charge < -0.3 is 30.7 Å². The number of carbonyl (C=O) groups excluding carboxylic acids is 3. The standard InChI is InChI=1S/C18H32N4O5S2/c23-15(19-5-7-26-9-10-27-8-6-20-16(24)11-28)4-2-1-3-14-17-13(12-29-14)21-18(25)22-17/h13-14,17,28H,1-12H2,(H,19,23)(H,20,24)(H2,21,22,25)/t13?,14-,17?/m0/s1. The molecule has 2 heterocycles. The number of thiol groups is 1. The summed E-state index contributed by atoms with van der Waals surface area (Å²) in [5.41, 5.74) is 0. The largest absolute Gasteiger partial charge is 0.377 e. The van der Waals surface area contributed by atoms with E-state index < -0.39 is 0 Å². The van der Waals surface area contributed by atoms with Gasteiger partial charge >= 0.3 is 6.03 Å². The first-order valence-electron chi connectivity index (χ1n) is 10.1. The zero-order valence-corrected chi connectivity index (χ0v) is 18.3. The molecule has 3 atom stereocenters. The molecule has 0 aromatic heterocycles. The van der Waals surface area contributed by atoms with Crippen molar-refractivity contribution in [1.29, 1.82) is 0 Å². The van der Waals surface area contributed by atoms with E-state index in [2.05, 4.69) is 33.9 Å². The summed E-state index contributed by atoms with van der Waals surface area (Å²) >= 11 is 5.76. The predicted molar refractivity (Wildman–Crippen MR) is 115 cm³/mol. The van der Waals surface area contributed by atoms with Crippen molar-refractivity contribution >= 4 is 42.2 Å². The Kier molecular flexibility index (Phi) is 11.6. The zero-order chi connectivity index (χ0) is 20.9. The summed E-state index contributed by atoms with van der Waals surface area (Å²) in [7, 11) is 0. The molecule has 11 heteroatoms. The molecule has 2 rings (SSSR count). The quantitative estimate of drug-likeness (QED) is 0.136. The van der Waals surface area contributed by atoms with Gasteiger partial charge in [0.15, 0.2) is 0 Å². The molecule has 2 unspecified atom stereocenters. The fraction of sp³-hybridized carbons (Fsp3) is 0.833. The minimum absolute atomic E-state index is 0.0394. The number of rotatable bonds is 15. The first kappa shape index (κ1) is 24.1. The number of fused-ring (bicyclic) bond motifs is 1. The Hall–Kier alpha value is -1.17. The van der Waals surface area contributed by atoms with E-state index in [-0.39, 0.29) is 35.7 Å². The molecule has 0 spiro atoms. The molecule has 0 saturated carbocycles. The summed E-state index contributed by atoms with van der Waals surface area (Å²) in [5.74, 6) is 1.06. The minimum atomic E-state index is -0.116. The van der Waals surface area contributed by atoms with Gasteiger partial charge in [0, 0.05) is 30.5 Å². The first-order chi connectivity index (χ1) is 14.1. The van der Waals surface area contributed by atoms with Gasteiger partial charge in [-0.1, -0.05) is 6.42 Å². The molecule has 2 aliphatic heterocycles. The molecule has 166 valence electrons. The summed E-state index contributed by atoms with van der Waals surface area (Å²) in [5, 5.41) is 11.9. The van der Waals surface area contributed by atoms with Crippen molar-refractivity contribution in [3.63, 3.8) is 0 Å². The third kappa shape index (κ3) is 9.45. The van der Waals surface area contributed by atoms with E-state index in [0.29, 0.717) is 51.2 Å². The number of urea groups is 1. The molecule has 0 bridgehead atoms. The Morgan fingerprint density at radius 3 is 2.41 bits per heavy atom. The van der Waals surface area contributed by atoms with Gasteiger partial charge in [-0.25, -0.2) is 4.79 Å². The second-order valence-corrected chi connectivity index (χ2v) is 8.54. The predicted octanol–water partition coefficient (Wildman–Crippen LogP) is -0.0924. The molecule has 0 aromatic rings. The van der Waals surface area contributed by atoms with Crippen LogP contribution in [0.3, 0.4) is 0 Å². The van der Waals surface area contributed by atoms with Gasteiger partial charge in [0.1, 0.15) is 0 Å². The van der Waals surface area contributed by atoms with E-state index in [1.54, 1.807) is 0 Å². The van der Waals surface area contributed by atoms with Gasteiger partial charge in [0.2, 0.25) is 11.8 Å². The Morgan fingerprint density at radius 1 is 1.03 bits per heavy atom. The van der Waals surface area contributed by atoms with Gasteiger partial charge in [0.05, 0.1) is 44.3 Å². The van der Waals surface area contributed by atoms with E-state index >= 15 is 0 Å². The van der Waals surface area contributed by atoms with Crippen LogP contribution in [0.2, 0.25) is 0 Å². The number of hydrogen-bond acceptors (Lipinski definition) is 7. The Labute approximate surface area is 181 Å². The first-order valence-corrected chi connectivity index (χ1v) is 11.8. The summed E-state index contributed by atoms with van der Waals surface area (Å²) in [6.07, 6.45) is 3.35. The van der Waals surface area contributed by atoms with Crippen LogP contribution >= 0.6 is 24.4 Å². The smallest absolute Gasteiger partial charge is 0.315 e. The molecule has 0 aliphatic carbocycles. The molecule has 2 saturated heterocycles. The lowest BCUT2D eigenvalue weighted by Gasteiger charge is -2.16. The topological polar surface area (TPSA) is 118 Å². The second-order valence-electron chi connectivity index (χ2n) is 6.95. The van der Waals surface area contributed by atoms with Crippen LogP contribution in [0.5, 0.6) is 0 Å². The maximum absolute atomic E-state index is 11.8. The van der Waals surface area contributed by atoms with E-state index in [9.17, 15) is 14.4 Å². The summed E-state index contributed by atoms with van der Waals surface area (Å²) in [4.78, 5) is 34.2. The maximum Gasteiger partial charge on any atom is 0.315 e. The van der Waals surface area contributed by atoms with Crippen molar-refractivity contribution in [1.82, 2.24) is 21.3 Å². The number of amides is 4. The van der Waals surface area contributed by atoms with Crippen molar-refractivity contribution < 1.29 is 23.9 Å². The van der Waals surface area contributed by atoms with Crippen molar-refractivity contribution in [3.8, 4) is 0 Å². The third-order valence-corrected chi connectivity index (χ3v) is 6.53. The van der Waals surface area contributed by atoms with Crippen molar-refractivity contribution in [2.45, 2.75) is 43.0 Å². The van der Waals surface area contributed by atoms with Crippen LogP contribution in [0.25, 0.3) is 0 Å². The molecule has 29 heavy (non-hydrogen) atoms. The van der Waals surface area contributed by atoms with E-state index in [4.69, 9.17) is 9.47 Å². The molecule has 2 fully saturated rings. The lowest BCUT2D eigenvalue weighted by molar-refractivity contribution is -0.121.